The van der Waals surface area contributed by atoms with Crippen LogP contribution in [0.5, 0.6) is 11.5 Å². The van der Waals surface area contributed by atoms with Gasteiger partial charge in [0.2, 0.25) is 5.78 Å². The fourth-order valence-corrected chi connectivity index (χ4v) is 2.82. The third-order valence-corrected chi connectivity index (χ3v) is 4.06. The Morgan fingerprint density at radius 3 is 2.54 bits per heavy atom. The molecule has 0 fully saturated rings. The second kappa shape index (κ2) is 6.55. The van der Waals surface area contributed by atoms with Crippen molar-refractivity contribution < 1.29 is 28.2 Å². The molecule has 6 heteroatoms. The summed E-state index contributed by atoms with van der Waals surface area (Å²) in [5.41, 5.74) is 1.39. The van der Waals surface area contributed by atoms with Crippen LogP contribution in [0.25, 0.3) is 11.0 Å². The molecule has 0 aliphatic carbocycles. The number of ether oxygens (including phenoxy) is 3. The summed E-state index contributed by atoms with van der Waals surface area (Å²) < 4.78 is 21.6. The van der Waals surface area contributed by atoms with Gasteiger partial charge in [-0.3, -0.25) is 4.79 Å². The highest BCUT2D eigenvalue weighted by atomic mass is 16.6. The van der Waals surface area contributed by atoms with Gasteiger partial charge in [0.25, 0.3) is 0 Å². The Labute approximate surface area is 149 Å². The first-order valence-corrected chi connectivity index (χ1v) is 8.31. The molecule has 0 saturated heterocycles. The van der Waals surface area contributed by atoms with Gasteiger partial charge >= 0.3 is 5.97 Å². The van der Waals surface area contributed by atoms with E-state index in [0.717, 1.165) is 0 Å². The maximum absolute atomic E-state index is 12.7. The number of ketones is 1. The standard InChI is InChI=1S/C20H16O6/c1-2-23-20(22)13-4-5-15-14(9-13)11-18(26-15)19(21)12-3-6-16-17(10-12)25-8-7-24-16/h3-6,9-11H,2,7-8H2,1H3. The van der Waals surface area contributed by atoms with Gasteiger partial charge < -0.3 is 18.6 Å². The molecule has 2 aromatic carbocycles. The van der Waals surface area contributed by atoms with E-state index in [0.29, 0.717) is 53.4 Å². The van der Waals surface area contributed by atoms with Crippen LogP contribution in [-0.4, -0.2) is 31.6 Å². The maximum atomic E-state index is 12.7. The third-order valence-electron chi connectivity index (χ3n) is 4.06. The van der Waals surface area contributed by atoms with Crippen LogP contribution in [0.4, 0.5) is 0 Å². The average Bonchev–Trinajstić information content (AvgIpc) is 3.10. The Hall–Kier alpha value is -3.28. The monoisotopic (exact) mass is 352 g/mol. The highest BCUT2D eigenvalue weighted by molar-refractivity contribution is 6.09. The summed E-state index contributed by atoms with van der Waals surface area (Å²) in [6.07, 6.45) is 0. The van der Waals surface area contributed by atoms with E-state index >= 15 is 0 Å². The Balaban J connectivity index is 1.65. The highest BCUT2D eigenvalue weighted by Gasteiger charge is 2.19. The highest BCUT2D eigenvalue weighted by Crippen LogP contribution is 2.32. The molecule has 26 heavy (non-hydrogen) atoms. The number of carbonyl (C=O) groups is 2. The van der Waals surface area contributed by atoms with Crippen LogP contribution in [0.2, 0.25) is 0 Å². The summed E-state index contributed by atoms with van der Waals surface area (Å²) >= 11 is 0. The number of carbonyl (C=O) groups excluding carboxylic acids is 2. The Bertz CT molecular complexity index is 1000. The van der Waals surface area contributed by atoms with Crippen molar-refractivity contribution in [1.29, 1.82) is 0 Å². The minimum atomic E-state index is -0.407. The van der Waals surface area contributed by atoms with Crippen molar-refractivity contribution >= 4 is 22.7 Å². The normalized spacial score (nSPS) is 12.8. The zero-order chi connectivity index (χ0) is 18.1. The van der Waals surface area contributed by atoms with Crippen LogP contribution in [-0.2, 0) is 4.74 Å². The van der Waals surface area contributed by atoms with E-state index in [-0.39, 0.29) is 11.5 Å². The Morgan fingerprint density at radius 2 is 1.73 bits per heavy atom. The van der Waals surface area contributed by atoms with Crippen molar-refractivity contribution in [1.82, 2.24) is 0 Å². The van der Waals surface area contributed by atoms with Crippen LogP contribution in [0.1, 0.15) is 33.4 Å². The molecule has 3 aromatic rings. The molecular formula is C20H16O6. The van der Waals surface area contributed by atoms with Gasteiger partial charge in [0.15, 0.2) is 17.3 Å². The Kier molecular flexibility index (Phi) is 4.08. The number of furan rings is 1. The smallest absolute Gasteiger partial charge is 0.338 e. The number of hydrogen-bond acceptors (Lipinski definition) is 6. The molecule has 1 aliphatic heterocycles. The number of esters is 1. The number of fused-ring (bicyclic) bond motifs is 2. The van der Waals surface area contributed by atoms with Gasteiger partial charge in [0.05, 0.1) is 12.2 Å². The number of rotatable bonds is 4. The molecule has 0 saturated carbocycles. The molecule has 0 unspecified atom stereocenters. The maximum Gasteiger partial charge on any atom is 0.338 e. The lowest BCUT2D eigenvalue weighted by molar-refractivity contribution is 0.0526. The second-order valence-electron chi connectivity index (χ2n) is 5.77. The van der Waals surface area contributed by atoms with Crippen molar-refractivity contribution in [3.8, 4) is 11.5 Å². The lowest BCUT2D eigenvalue weighted by Crippen LogP contribution is -2.15. The number of hydrogen-bond donors (Lipinski definition) is 0. The van der Waals surface area contributed by atoms with Gasteiger partial charge in [0, 0.05) is 10.9 Å². The van der Waals surface area contributed by atoms with E-state index in [4.69, 9.17) is 18.6 Å². The minimum Gasteiger partial charge on any atom is -0.486 e. The van der Waals surface area contributed by atoms with Gasteiger partial charge in [-0.15, -0.1) is 0 Å². The van der Waals surface area contributed by atoms with E-state index < -0.39 is 5.97 Å². The molecular weight excluding hydrogens is 336 g/mol. The molecule has 1 aliphatic rings. The molecule has 6 nitrogen and oxygen atoms in total. The summed E-state index contributed by atoms with van der Waals surface area (Å²) in [4.78, 5) is 24.6. The summed E-state index contributed by atoms with van der Waals surface area (Å²) in [5.74, 6) is 0.683. The topological polar surface area (TPSA) is 75.0 Å². The lowest BCUT2D eigenvalue weighted by Gasteiger charge is -2.18. The zero-order valence-corrected chi connectivity index (χ0v) is 14.1. The fourth-order valence-electron chi connectivity index (χ4n) is 2.82. The average molecular weight is 352 g/mol. The lowest BCUT2D eigenvalue weighted by atomic mass is 10.1. The predicted molar refractivity (Wildman–Crippen MR) is 93.0 cm³/mol. The fraction of sp³-hybridized carbons (Fsp3) is 0.200. The van der Waals surface area contributed by atoms with Gasteiger partial charge in [-0.05, 0) is 49.4 Å². The molecule has 0 atom stereocenters. The van der Waals surface area contributed by atoms with Gasteiger partial charge in [-0.1, -0.05) is 0 Å². The molecule has 0 radical (unpaired) electrons. The number of benzene rings is 2. The van der Waals surface area contributed by atoms with Gasteiger partial charge in [-0.25, -0.2) is 4.79 Å². The summed E-state index contributed by atoms with van der Waals surface area (Å²) in [6.45, 7) is 2.99. The molecule has 132 valence electrons. The molecule has 0 amide bonds. The van der Waals surface area contributed by atoms with E-state index in [1.807, 2.05) is 0 Å². The van der Waals surface area contributed by atoms with Crippen LogP contribution >= 0.6 is 0 Å². The van der Waals surface area contributed by atoms with Crippen LogP contribution in [0.15, 0.2) is 46.9 Å². The zero-order valence-electron chi connectivity index (χ0n) is 14.1. The SMILES string of the molecule is CCOC(=O)c1ccc2oc(C(=O)c3ccc4c(c3)OCCO4)cc2c1. The summed E-state index contributed by atoms with van der Waals surface area (Å²) in [5, 5.41) is 0.663. The summed E-state index contributed by atoms with van der Waals surface area (Å²) in [6, 6.07) is 11.6. The third kappa shape index (κ3) is 2.90. The first-order valence-electron chi connectivity index (χ1n) is 8.31. The predicted octanol–water partition coefficient (Wildman–Crippen LogP) is 3.61. The molecule has 0 spiro atoms. The molecule has 1 aromatic heterocycles. The first kappa shape index (κ1) is 16.2. The van der Waals surface area contributed by atoms with Crippen LogP contribution in [0.3, 0.4) is 0 Å². The van der Waals surface area contributed by atoms with Crippen molar-refractivity contribution in [2.24, 2.45) is 0 Å². The Morgan fingerprint density at radius 1 is 0.962 bits per heavy atom. The molecule has 2 heterocycles. The van der Waals surface area contributed by atoms with Crippen molar-refractivity contribution in [3.63, 3.8) is 0 Å². The van der Waals surface area contributed by atoms with Crippen molar-refractivity contribution in [3.05, 3.63) is 59.4 Å². The van der Waals surface area contributed by atoms with Gasteiger partial charge in [0.1, 0.15) is 18.8 Å². The van der Waals surface area contributed by atoms with Gasteiger partial charge in [-0.2, -0.15) is 0 Å². The van der Waals surface area contributed by atoms with Crippen molar-refractivity contribution in [2.75, 3.05) is 19.8 Å². The summed E-state index contributed by atoms with van der Waals surface area (Å²) in [7, 11) is 0. The first-order chi connectivity index (χ1) is 12.7. The van der Waals surface area contributed by atoms with E-state index in [1.54, 1.807) is 49.4 Å². The molecule has 4 rings (SSSR count). The second-order valence-corrected chi connectivity index (χ2v) is 5.77. The quantitative estimate of drug-likeness (QED) is 0.527. The van der Waals surface area contributed by atoms with E-state index in [1.165, 1.54) is 0 Å². The molecule has 0 N–H and O–H groups in total. The minimum absolute atomic E-state index is 0.192. The molecule has 0 bridgehead atoms. The van der Waals surface area contributed by atoms with E-state index in [2.05, 4.69) is 0 Å². The van der Waals surface area contributed by atoms with Crippen LogP contribution < -0.4 is 9.47 Å². The van der Waals surface area contributed by atoms with E-state index in [9.17, 15) is 9.59 Å². The largest absolute Gasteiger partial charge is 0.486 e. The van der Waals surface area contributed by atoms with Crippen molar-refractivity contribution in [2.45, 2.75) is 6.92 Å². The van der Waals surface area contributed by atoms with Crippen LogP contribution in [0, 0.1) is 0 Å².